The van der Waals surface area contributed by atoms with Crippen molar-refractivity contribution in [3.05, 3.63) is 133 Å². The SMILES string of the molecule is CC1=C(C(=O)Nc2ccccc2)[C@H](c2ccc(N(C)C)cc2)n2c(s/c(=C\c3ccc(Sc4ccccn4)o3)c2=O)=N1. The number of pyridine rings is 1. The molecule has 6 rings (SSSR count). The number of thiazole rings is 1. The van der Waals surface area contributed by atoms with Crippen LogP contribution >= 0.6 is 23.1 Å². The summed E-state index contributed by atoms with van der Waals surface area (Å²) in [5.41, 5.74) is 3.23. The minimum Gasteiger partial charge on any atom is -0.450 e. The molecule has 1 atom stereocenters. The quantitative estimate of drug-likeness (QED) is 0.283. The molecule has 3 aromatic heterocycles. The normalized spacial score (nSPS) is 14.8. The summed E-state index contributed by atoms with van der Waals surface area (Å²) >= 11 is 2.68. The lowest BCUT2D eigenvalue weighted by molar-refractivity contribution is -0.113. The van der Waals surface area contributed by atoms with Crippen LogP contribution in [0.15, 0.2) is 127 Å². The molecule has 1 aliphatic heterocycles. The van der Waals surface area contributed by atoms with E-state index in [0.717, 1.165) is 16.3 Å². The average Bonchev–Trinajstić information content (AvgIpc) is 3.56. The Morgan fingerprint density at radius 1 is 1.02 bits per heavy atom. The minimum atomic E-state index is -0.657. The fourth-order valence-corrected chi connectivity index (χ4v) is 6.48. The number of nitrogens with zero attached hydrogens (tertiary/aromatic N) is 4. The van der Waals surface area contributed by atoms with Crippen molar-refractivity contribution in [2.75, 3.05) is 24.3 Å². The van der Waals surface area contributed by atoms with Crippen molar-refractivity contribution in [3.8, 4) is 0 Å². The molecular weight excluding hydrogens is 567 g/mol. The summed E-state index contributed by atoms with van der Waals surface area (Å²) < 4.78 is 8.06. The molecule has 1 aliphatic rings. The molecule has 8 nitrogen and oxygen atoms in total. The Morgan fingerprint density at radius 2 is 1.79 bits per heavy atom. The van der Waals surface area contributed by atoms with Gasteiger partial charge in [0.1, 0.15) is 10.8 Å². The maximum Gasteiger partial charge on any atom is 0.271 e. The molecule has 5 aromatic rings. The Bertz CT molecular complexity index is 1960. The molecule has 0 radical (unpaired) electrons. The van der Waals surface area contributed by atoms with Gasteiger partial charge in [-0.05, 0) is 72.8 Å². The maximum absolute atomic E-state index is 14.0. The molecule has 1 N–H and O–H groups in total. The summed E-state index contributed by atoms with van der Waals surface area (Å²) in [6.45, 7) is 1.81. The van der Waals surface area contributed by atoms with E-state index in [2.05, 4.69) is 10.3 Å². The molecule has 42 heavy (non-hydrogen) atoms. The third-order valence-corrected chi connectivity index (χ3v) is 8.60. The van der Waals surface area contributed by atoms with E-state index in [1.54, 1.807) is 16.8 Å². The number of hydrogen-bond donors (Lipinski definition) is 1. The van der Waals surface area contributed by atoms with Crippen LogP contribution in [-0.4, -0.2) is 29.6 Å². The van der Waals surface area contributed by atoms with Gasteiger partial charge in [-0.25, -0.2) is 9.98 Å². The highest BCUT2D eigenvalue weighted by molar-refractivity contribution is 7.99. The van der Waals surface area contributed by atoms with Crippen molar-refractivity contribution in [2.24, 2.45) is 4.99 Å². The van der Waals surface area contributed by atoms with Gasteiger partial charge < -0.3 is 14.6 Å². The zero-order valence-corrected chi connectivity index (χ0v) is 24.8. The van der Waals surface area contributed by atoms with Crippen molar-refractivity contribution in [2.45, 2.75) is 23.1 Å². The lowest BCUT2D eigenvalue weighted by atomic mass is 9.95. The van der Waals surface area contributed by atoms with Gasteiger partial charge in [0.2, 0.25) is 0 Å². The number of fused-ring (bicyclic) bond motifs is 1. The van der Waals surface area contributed by atoms with Crippen LogP contribution in [0.2, 0.25) is 0 Å². The van der Waals surface area contributed by atoms with Gasteiger partial charge in [0.15, 0.2) is 9.89 Å². The van der Waals surface area contributed by atoms with Crippen LogP contribution in [-0.2, 0) is 4.79 Å². The molecule has 0 aliphatic carbocycles. The van der Waals surface area contributed by atoms with Gasteiger partial charge in [-0.1, -0.05) is 47.7 Å². The molecule has 0 saturated heterocycles. The van der Waals surface area contributed by atoms with Crippen LogP contribution in [0, 0.1) is 0 Å². The highest BCUT2D eigenvalue weighted by Crippen LogP contribution is 2.32. The molecule has 0 bridgehead atoms. The van der Waals surface area contributed by atoms with Gasteiger partial charge in [-0.15, -0.1) is 0 Å². The van der Waals surface area contributed by atoms with Crippen molar-refractivity contribution in [1.29, 1.82) is 0 Å². The van der Waals surface area contributed by atoms with Crippen LogP contribution in [0.1, 0.15) is 24.3 Å². The number of amides is 1. The van der Waals surface area contributed by atoms with Crippen LogP contribution in [0.4, 0.5) is 11.4 Å². The first-order valence-corrected chi connectivity index (χ1v) is 14.9. The largest absolute Gasteiger partial charge is 0.450 e. The van der Waals surface area contributed by atoms with Crippen LogP contribution in [0.5, 0.6) is 0 Å². The van der Waals surface area contributed by atoms with E-state index in [0.29, 0.717) is 37.1 Å². The summed E-state index contributed by atoms with van der Waals surface area (Å²) in [6.07, 6.45) is 3.45. The predicted octanol–water partition coefficient (Wildman–Crippen LogP) is 5.08. The van der Waals surface area contributed by atoms with Crippen LogP contribution in [0.3, 0.4) is 0 Å². The van der Waals surface area contributed by atoms with Gasteiger partial charge in [-0.2, -0.15) is 0 Å². The smallest absolute Gasteiger partial charge is 0.271 e. The maximum atomic E-state index is 14.0. The number of aromatic nitrogens is 2. The Morgan fingerprint density at radius 3 is 2.50 bits per heavy atom. The van der Waals surface area contributed by atoms with Crippen molar-refractivity contribution < 1.29 is 9.21 Å². The number of hydrogen-bond acceptors (Lipinski definition) is 8. The van der Waals surface area contributed by atoms with Crippen molar-refractivity contribution in [3.63, 3.8) is 0 Å². The lowest BCUT2D eigenvalue weighted by Gasteiger charge is -2.26. The number of carbonyl (C=O) groups is 1. The van der Waals surface area contributed by atoms with E-state index in [-0.39, 0.29) is 11.5 Å². The second-order valence-corrected chi connectivity index (χ2v) is 11.8. The molecule has 10 heteroatoms. The number of rotatable bonds is 7. The first kappa shape index (κ1) is 27.5. The minimum absolute atomic E-state index is 0.242. The summed E-state index contributed by atoms with van der Waals surface area (Å²) in [7, 11) is 3.94. The summed E-state index contributed by atoms with van der Waals surface area (Å²) in [4.78, 5) is 39.3. The zero-order chi connectivity index (χ0) is 29.2. The first-order valence-electron chi connectivity index (χ1n) is 13.2. The molecule has 1 amide bonds. The van der Waals surface area contributed by atoms with Crippen molar-refractivity contribution in [1.82, 2.24) is 9.55 Å². The monoisotopic (exact) mass is 593 g/mol. The lowest BCUT2D eigenvalue weighted by Crippen LogP contribution is -2.40. The highest BCUT2D eigenvalue weighted by Gasteiger charge is 2.32. The summed E-state index contributed by atoms with van der Waals surface area (Å²) in [6, 6.07) is 25.8. The van der Waals surface area contributed by atoms with Gasteiger partial charge in [0.05, 0.1) is 21.8 Å². The van der Waals surface area contributed by atoms with Crippen LogP contribution < -0.4 is 25.1 Å². The zero-order valence-electron chi connectivity index (χ0n) is 23.1. The molecular formula is C32H27N5O3S2. The molecule has 2 aromatic carbocycles. The van der Waals surface area contributed by atoms with E-state index in [9.17, 15) is 9.59 Å². The van der Waals surface area contributed by atoms with Gasteiger partial charge in [0.25, 0.3) is 11.5 Å². The second-order valence-electron chi connectivity index (χ2n) is 9.81. The number of benzene rings is 2. The Kier molecular flexibility index (Phi) is 7.64. The second kappa shape index (κ2) is 11.7. The number of carbonyl (C=O) groups excluding carboxylic acids is 1. The molecule has 4 heterocycles. The van der Waals surface area contributed by atoms with E-state index in [1.165, 1.54) is 23.1 Å². The Hall–Kier alpha value is -4.67. The number of furan rings is 1. The van der Waals surface area contributed by atoms with Crippen LogP contribution in [0.25, 0.3) is 6.08 Å². The molecule has 0 unspecified atom stereocenters. The van der Waals surface area contributed by atoms with Gasteiger partial charge in [0, 0.05) is 37.7 Å². The fourth-order valence-electron chi connectivity index (χ4n) is 4.71. The van der Waals surface area contributed by atoms with E-state index in [4.69, 9.17) is 9.41 Å². The van der Waals surface area contributed by atoms with Gasteiger partial charge in [-0.3, -0.25) is 14.2 Å². The van der Waals surface area contributed by atoms with E-state index >= 15 is 0 Å². The number of para-hydroxylation sites is 1. The topological polar surface area (TPSA) is 92.7 Å². The van der Waals surface area contributed by atoms with E-state index < -0.39 is 6.04 Å². The fraction of sp³-hybridized carbons (Fsp3) is 0.125. The summed E-state index contributed by atoms with van der Waals surface area (Å²) in [5, 5.41) is 4.47. The Labute approximate surface area is 250 Å². The average molecular weight is 594 g/mol. The summed E-state index contributed by atoms with van der Waals surface area (Å²) in [5.74, 6) is 0.240. The standard InChI is InChI=1S/C32H27N5O3S2/c1-20-28(30(38)35-22-9-5-4-6-10-22)29(21-12-14-23(15-13-21)36(2)3)37-31(39)25(41-32(37)34-20)19-24-16-17-27(40-24)42-26-11-7-8-18-33-26/h4-19,29H,1-3H3,(H,35,38)/b25-19-/t29-/m0/s1. The van der Waals surface area contributed by atoms with Gasteiger partial charge >= 0.3 is 0 Å². The first-order chi connectivity index (χ1) is 20.4. The molecule has 0 spiro atoms. The molecule has 0 saturated carbocycles. The third kappa shape index (κ3) is 5.59. The molecule has 210 valence electrons. The predicted molar refractivity (Wildman–Crippen MR) is 167 cm³/mol. The third-order valence-electron chi connectivity index (χ3n) is 6.74. The number of anilines is 2. The van der Waals surface area contributed by atoms with E-state index in [1.807, 2.05) is 111 Å². The van der Waals surface area contributed by atoms with Crippen molar-refractivity contribution >= 4 is 46.5 Å². The Balaban J connectivity index is 1.42. The number of nitrogens with one attached hydrogen (secondary N) is 1. The highest BCUT2D eigenvalue weighted by atomic mass is 32.2. The number of allylic oxidation sites excluding steroid dienone is 1. The molecule has 0 fully saturated rings.